The summed E-state index contributed by atoms with van der Waals surface area (Å²) in [4.78, 5) is 13.9. The fourth-order valence-electron chi connectivity index (χ4n) is 1.53. The highest BCUT2D eigenvalue weighted by Gasteiger charge is 2.17. The van der Waals surface area contributed by atoms with Crippen molar-refractivity contribution < 1.29 is 9.53 Å². The molecule has 1 amide bonds. The number of ether oxygens (including phenoxy) is 1. The summed E-state index contributed by atoms with van der Waals surface area (Å²) in [5, 5.41) is 4.00. The van der Waals surface area contributed by atoms with Gasteiger partial charge in [0.2, 0.25) is 5.90 Å². The lowest BCUT2D eigenvalue weighted by Gasteiger charge is -2.10. The van der Waals surface area contributed by atoms with Crippen LogP contribution in [0.4, 0.5) is 0 Å². The Morgan fingerprint density at radius 2 is 2.16 bits per heavy atom. The molecule has 6 heteroatoms. The van der Waals surface area contributed by atoms with Gasteiger partial charge >= 0.3 is 0 Å². The van der Waals surface area contributed by atoms with Crippen molar-refractivity contribution in [2.24, 2.45) is 5.10 Å². The Kier molecular flexibility index (Phi) is 4.81. The van der Waals surface area contributed by atoms with Crippen LogP contribution in [0, 0.1) is 0 Å². The minimum atomic E-state index is -0.233. The van der Waals surface area contributed by atoms with Crippen LogP contribution in [0.3, 0.4) is 0 Å². The Hall–Kier alpha value is -1.53. The van der Waals surface area contributed by atoms with Gasteiger partial charge in [-0.25, -0.2) is 5.43 Å². The molecule has 19 heavy (non-hydrogen) atoms. The van der Waals surface area contributed by atoms with E-state index in [-0.39, 0.29) is 5.91 Å². The summed E-state index contributed by atoms with van der Waals surface area (Å²) in [6, 6.07) is 7.15. The molecule has 0 saturated heterocycles. The summed E-state index contributed by atoms with van der Waals surface area (Å²) in [6.45, 7) is 1.00. The minimum Gasteiger partial charge on any atom is -0.440 e. The van der Waals surface area contributed by atoms with Gasteiger partial charge in [-0.3, -0.25) is 4.79 Å². The van der Waals surface area contributed by atoms with Gasteiger partial charge in [0.1, 0.15) is 5.75 Å². The molecule has 0 spiro atoms. The van der Waals surface area contributed by atoms with Crippen molar-refractivity contribution in [2.45, 2.75) is 0 Å². The van der Waals surface area contributed by atoms with Gasteiger partial charge in [-0.2, -0.15) is 11.8 Å². The van der Waals surface area contributed by atoms with Crippen LogP contribution in [0.2, 0.25) is 0 Å². The molecular formula is C13H17N3O2S. The maximum absolute atomic E-state index is 11.8. The third-order valence-electron chi connectivity index (χ3n) is 2.55. The number of carbonyl (C=O) groups is 1. The molecule has 1 N–H and O–H groups in total. The molecule has 1 heterocycles. The molecule has 0 atom stereocenters. The number of nitrogens with one attached hydrogen (secondary N) is 1. The normalized spacial score (nSPS) is 14.3. The number of rotatable bonds is 5. The molecule has 0 aromatic heterocycles. The molecule has 0 fully saturated rings. The Bertz CT molecular complexity index is 489. The summed E-state index contributed by atoms with van der Waals surface area (Å²) in [5.41, 5.74) is 3.01. The fraction of sp³-hybridized carbons (Fsp3) is 0.385. The van der Waals surface area contributed by atoms with E-state index in [4.69, 9.17) is 4.74 Å². The first-order valence-electron chi connectivity index (χ1n) is 6.03. The SMILES string of the molecule is CN(C)CCSCC1=NNC(=O)c2ccccc2O1. The summed E-state index contributed by atoms with van der Waals surface area (Å²) < 4.78 is 5.67. The Balaban J connectivity index is 1.95. The number of fused-ring (bicyclic) bond motifs is 1. The quantitative estimate of drug-likeness (QED) is 0.828. The molecule has 102 valence electrons. The molecule has 0 bridgehead atoms. The van der Waals surface area contributed by atoms with Crippen molar-refractivity contribution in [2.75, 3.05) is 32.1 Å². The van der Waals surface area contributed by atoms with Crippen LogP contribution in [0.1, 0.15) is 10.4 Å². The first-order valence-corrected chi connectivity index (χ1v) is 7.18. The van der Waals surface area contributed by atoms with E-state index in [1.807, 2.05) is 20.2 Å². The van der Waals surface area contributed by atoms with E-state index in [2.05, 4.69) is 15.4 Å². The van der Waals surface area contributed by atoms with E-state index in [1.54, 1.807) is 30.0 Å². The third kappa shape index (κ3) is 3.97. The smallest absolute Gasteiger partial charge is 0.275 e. The second-order valence-electron chi connectivity index (χ2n) is 4.40. The average Bonchev–Trinajstić information content (AvgIpc) is 2.55. The second kappa shape index (κ2) is 6.58. The lowest BCUT2D eigenvalue weighted by atomic mass is 10.2. The fourth-order valence-corrected chi connectivity index (χ4v) is 2.47. The molecule has 1 aliphatic rings. The first-order chi connectivity index (χ1) is 9.16. The topological polar surface area (TPSA) is 53.9 Å². The monoisotopic (exact) mass is 279 g/mol. The van der Waals surface area contributed by atoms with Crippen LogP contribution in [0.25, 0.3) is 0 Å². The predicted octanol–water partition coefficient (Wildman–Crippen LogP) is 1.42. The number of hydrogen-bond acceptors (Lipinski definition) is 5. The second-order valence-corrected chi connectivity index (χ2v) is 5.51. The largest absolute Gasteiger partial charge is 0.440 e. The standard InChI is InChI=1S/C13H17N3O2S/c1-16(2)7-8-19-9-12-14-15-13(17)10-5-3-4-6-11(10)18-12/h3-6H,7-9H2,1-2H3,(H,15,17). The number of nitrogens with zero attached hydrogens (tertiary/aromatic N) is 2. The molecule has 0 unspecified atom stereocenters. The summed E-state index contributed by atoms with van der Waals surface area (Å²) in [5.74, 6) is 2.49. The first kappa shape index (κ1) is 13.9. The van der Waals surface area contributed by atoms with Crippen LogP contribution < -0.4 is 10.2 Å². The Morgan fingerprint density at radius 1 is 1.37 bits per heavy atom. The van der Waals surface area contributed by atoms with Crippen LogP contribution in [0.5, 0.6) is 5.75 Å². The van der Waals surface area contributed by atoms with Crippen molar-refractivity contribution in [3.8, 4) is 5.75 Å². The molecule has 5 nitrogen and oxygen atoms in total. The van der Waals surface area contributed by atoms with Gasteiger partial charge in [-0.05, 0) is 26.2 Å². The van der Waals surface area contributed by atoms with Crippen molar-refractivity contribution in [3.63, 3.8) is 0 Å². The maximum Gasteiger partial charge on any atom is 0.275 e. The van der Waals surface area contributed by atoms with Gasteiger partial charge in [0.05, 0.1) is 11.3 Å². The summed E-state index contributed by atoms with van der Waals surface area (Å²) >= 11 is 1.72. The van der Waals surface area contributed by atoms with E-state index in [0.29, 0.717) is 23.0 Å². The van der Waals surface area contributed by atoms with E-state index in [1.165, 1.54) is 0 Å². The number of carbonyl (C=O) groups excluding carboxylic acids is 1. The summed E-state index contributed by atoms with van der Waals surface area (Å²) in [7, 11) is 4.08. The molecule has 0 aliphatic carbocycles. The molecule has 1 aliphatic heterocycles. The van der Waals surface area contributed by atoms with E-state index >= 15 is 0 Å². The van der Waals surface area contributed by atoms with Crippen LogP contribution in [-0.2, 0) is 0 Å². The highest BCUT2D eigenvalue weighted by Crippen LogP contribution is 2.20. The minimum absolute atomic E-state index is 0.233. The number of thioether (sulfide) groups is 1. The zero-order valence-corrected chi connectivity index (χ0v) is 11.9. The number of benzene rings is 1. The van der Waals surface area contributed by atoms with Crippen molar-refractivity contribution in [1.82, 2.24) is 10.3 Å². The molecule has 1 aromatic carbocycles. The highest BCUT2D eigenvalue weighted by atomic mass is 32.2. The van der Waals surface area contributed by atoms with Gasteiger partial charge in [0.25, 0.3) is 5.91 Å². The molecule has 0 radical (unpaired) electrons. The van der Waals surface area contributed by atoms with Crippen LogP contribution in [0.15, 0.2) is 29.4 Å². The zero-order valence-electron chi connectivity index (χ0n) is 11.0. The van der Waals surface area contributed by atoms with Gasteiger partial charge < -0.3 is 9.64 Å². The maximum atomic E-state index is 11.8. The van der Waals surface area contributed by atoms with E-state index in [9.17, 15) is 4.79 Å². The number of hydrazone groups is 1. The van der Waals surface area contributed by atoms with E-state index in [0.717, 1.165) is 12.3 Å². The van der Waals surface area contributed by atoms with Gasteiger partial charge in [-0.15, -0.1) is 5.10 Å². The highest BCUT2D eigenvalue weighted by molar-refractivity contribution is 7.99. The Morgan fingerprint density at radius 3 is 2.95 bits per heavy atom. The Labute approximate surface area is 117 Å². The molecule has 1 aromatic rings. The van der Waals surface area contributed by atoms with E-state index < -0.39 is 0 Å². The average molecular weight is 279 g/mol. The van der Waals surface area contributed by atoms with Gasteiger partial charge in [0, 0.05) is 12.3 Å². The predicted molar refractivity (Wildman–Crippen MR) is 77.9 cm³/mol. The molecule has 0 saturated carbocycles. The van der Waals surface area contributed by atoms with Gasteiger partial charge in [-0.1, -0.05) is 12.1 Å². The van der Waals surface area contributed by atoms with Crippen molar-refractivity contribution >= 4 is 23.6 Å². The number of para-hydroxylation sites is 1. The number of amides is 1. The van der Waals surface area contributed by atoms with Crippen molar-refractivity contribution in [1.29, 1.82) is 0 Å². The lowest BCUT2D eigenvalue weighted by molar-refractivity contribution is 0.0955. The number of hydrogen-bond donors (Lipinski definition) is 1. The lowest BCUT2D eigenvalue weighted by Crippen LogP contribution is -2.19. The van der Waals surface area contributed by atoms with Crippen LogP contribution >= 0.6 is 11.8 Å². The van der Waals surface area contributed by atoms with Crippen LogP contribution in [-0.4, -0.2) is 48.9 Å². The zero-order chi connectivity index (χ0) is 13.7. The van der Waals surface area contributed by atoms with Gasteiger partial charge in [0.15, 0.2) is 0 Å². The van der Waals surface area contributed by atoms with Crippen molar-refractivity contribution in [3.05, 3.63) is 29.8 Å². The third-order valence-corrected chi connectivity index (χ3v) is 3.47. The summed E-state index contributed by atoms with van der Waals surface area (Å²) in [6.07, 6.45) is 0. The molecular weight excluding hydrogens is 262 g/mol. The molecule has 2 rings (SSSR count).